The van der Waals surface area contributed by atoms with Crippen molar-refractivity contribution in [1.82, 2.24) is 10.2 Å². The Labute approximate surface area is 114 Å². The summed E-state index contributed by atoms with van der Waals surface area (Å²) >= 11 is 1.95. The number of hydrogen-bond donors (Lipinski definition) is 1. The van der Waals surface area contributed by atoms with E-state index in [-0.39, 0.29) is 12.4 Å². The molecule has 0 radical (unpaired) electrons. The molecule has 0 aromatic rings. The van der Waals surface area contributed by atoms with E-state index in [9.17, 15) is 4.79 Å². The molecule has 0 spiro atoms. The molecule has 1 aliphatic heterocycles. The Bertz CT molecular complexity index is 243. The van der Waals surface area contributed by atoms with Crippen LogP contribution < -0.4 is 5.32 Å². The highest BCUT2D eigenvalue weighted by molar-refractivity contribution is 7.99. The van der Waals surface area contributed by atoms with Crippen molar-refractivity contribution < 1.29 is 4.79 Å². The largest absolute Gasteiger partial charge is 0.345 e. The topological polar surface area (TPSA) is 32.3 Å². The van der Waals surface area contributed by atoms with E-state index < -0.39 is 0 Å². The molecule has 3 nitrogen and oxygen atoms in total. The van der Waals surface area contributed by atoms with Crippen LogP contribution in [0.2, 0.25) is 0 Å². The summed E-state index contributed by atoms with van der Waals surface area (Å²) in [4.78, 5) is 13.9. The van der Waals surface area contributed by atoms with E-state index >= 15 is 0 Å². The Morgan fingerprint density at radius 3 is 2.76 bits per heavy atom. The van der Waals surface area contributed by atoms with Gasteiger partial charge in [-0.25, -0.2) is 0 Å². The fourth-order valence-electron chi connectivity index (χ4n) is 2.28. The number of amides is 1. The van der Waals surface area contributed by atoms with Gasteiger partial charge in [-0.1, -0.05) is 6.42 Å². The van der Waals surface area contributed by atoms with Crippen LogP contribution in [0.4, 0.5) is 0 Å². The monoisotopic (exact) mass is 278 g/mol. The lowest BCUT2D eigenvalue weighted by Gasteiger charge is -2.31. The van der Waals surface area contributed by atoms with Gasteiger partial charge in [-0.2, -0.15) is 11.8 Å². The second-order valence-electron chi connectivity index (χ2n) is 5.00. The third kappa shape index (κ3) is 4.68. The average Bonchev–Trinajstić information content (AvgIpc) is 2.24. The van der Waals surface area contributed by atoms with Crippen LogP contribution in [0.15, 0.2) is 0 Å². The normalized spacial score (nSPS) is 24.6. The van der Waals surface area contributed by atoms with Crippen molar-refractivity contribution in [2.45, 2.75) is 31.7 Å². The maximum absolute atomic E-state index is 12.0. The van der Waals surface area contributed by atoms with Crippen molar-refractivity contribution >= 4 is 30.1 Å². The predicted molar refractivity (Wildman–Crippen MR) is 76.0 cm³/mol. The summed E-state index contributed by atoms with van der Waals surface area (Å²) < 4.78 is 0. The number of hydrogen-bond acceptors (Lipinski definition) is 3. The van der Waals surface area contributed by atoms with Gasteiger partial charge in [0.15, 0.2) is 0 Å². The highest BCUT2D eigenvalue weighted by Gasteiger charge is 2.23. The minimum atomic E-state index is 0. The molecule has 0 aromatic carbocycles. The zero-order chi connectivity index (χ0) is 11.4. The minimum absolute atomic E-state index is 0. The van der Waals surface area contributed by atoms with Crippen molar-refractivity contribution in [2.75, 3.05) is 31.6 Å². The first kappa shape index (κ1) is 15.1. The van der Waals surface area contributed by atoms with E-state index in [0.717, 1.165) is 24.8 Å². The van der Waals surface area contributed by atoms with Gasteiger partial charge in [0.05, 0.1) is 0 Å². The van der Waals surface area contributed by atoms with Crippen LogP contribution in [0.1, 0.15) is 25.7 Å². The Balaban J connectivity index is 0.00000144. The van der Waals surface area contributed by atoms with Crippen LogP contribution in [-0.2, 0) is 4.79 Å². The van der Waals surface area contributed by atoms with Crippen LogP contribution in [0, 0.1) is 5.92 Å². The second-order valence-corrected chi connectivity index (χ2v) is 6.15. The number of halogens is 1. The van der Waals surface area contributed by atoms with Gasteiger partial charge in [0.1, 0.15) is 0 Å². The highest BCUT2D eigenvalue weighted by Crippen LogP contribution is 2.26. The van der Waals surface area contributed by atoms with E-state index in [2.05, 4.69) is 5.32 Å². The Morgan fingerprint density at radius 2 is 2.24 bits per heavy atom. The minimum Gasteiger partial charge on any atom is -0.345 e. The number of nitrogens with zero attached hydrogens (tertiary/aromatic N) is 1. The van der Waals surface area contributed by atoms with Crippen molar-refractivity contribution in [3.05, 3.63) is 0 Å². The van der Waals surface area contributed by atoms with Gasteiger partial charge in [-0.3, -0.25) is 4.79 Å². The van der Waals surface area contributed by atoms with Gasteiger partial charge in [0, 0.05) is 44.1 Å². The van der Waals surface area contributed by atoms with Gasteiger partial charge in [-0.05, 0) is 18.8 Å². The molecule has 0 bridgehead atoms. The Hall–Kier alpha value is 0.0700. The maximum Gasteiger partial charge on any atom is 0.223 e. The zero-order valence-corrected chi connectivity index (χ0v) is 12.1. The third-order valence-electron chi connectivity index (χ3n) is 3.60. The van der Waals surface area contributed by atoms with Crippen LogP contribution in [0.3, 0.4) is 0 Å². The lowest BCUT2D eigenvalue weighted by Crippen LogP contribution is -2.43. The zero-order valence-electron chi connectivity index (χ0n) is 10.5. The Kier molecular flexibility index (Phi) is 6.67. The highest BCUT2D eigenvalue weighted by atomic mass is 35.5. The first-order valence-electron chi connectivity index (χ1n) is 6.31. The third-order valence-corrected chi connectivity index (χ3v) is 4.73. The lowest BCUT2D eigenvalue weighted by molar-refractivity contribution is -0.131. The summed E-state index contributed by atoms with van der Waals surface area (Å²) in [5.41, 5.74) is 0. The second kappa shape index (κ2) is 7.49. The van der Waals surface area contributed by atoms with E-state index in [1.807, 2.05) is 23.7 Å². The summed E-state index contributed by atoms with van der Waals surface area (Å²) in [6, 6.07) is 0.398. The quantitative estimate of drug-likeness (QED) is 0.851. The summed E-state index contributed by atoms with van der Waals surface area (Å²) in [6.07, 6.45) is 4.66. The molecule has 5 heteroatoms. The fraction of sp³-hybridized carbons (Fsp3) is 0.917. The number of rotatable bonds is 4. The fourth-order valence-corrected chi connectivity index (χ4v) is 3.23. The van der Waals surface area contributed by atoms with Gasteiger partial charge in [-0.15, -0.1) is 12.4 Å². The maximum atomic E-state index is 12.0. The molecule has 17 heavy (non-hydrogen) atoms. The SMILES string of the molecule is CN(CC1CCC1)C(=O)CC1CSCCN1.Cl. The van der Waals surface area contributed by atoms with Crippen molar-refractivity contribution in [1.29, 1.82) is 0 Å². The number of carbonyl (C=O) groups excluding carboxylic acids is 1. The summed E-state index contributed by atoms with van der Waals surface area (Å²) in [5, 5.41) is 3.42. The molecule has 1 atom stereocenters. The smallest absolute Gasteiger partial charge is 0.223 e. The van der Waals surface area contributed by atoms with Crippen molar-refractivity contribution in [2.24, 2.45) is 5.92 Å². The van der Waals surface area contributed by atoms with Gasteiger partial charge < -0.3 is 10.2 Å². The van der Waals surface area contributed by atoms with Gasteiger partial charge in [0.25, 0.3) is 0 Å². The van der Waals surface area contributed by atoms with Crippen LogP contribution in [-0.4, -0.2) is 48.5 Å². The summed E-state index contributed by atoms with van der Waals surface area (Å²) in [6.45, 7) is 2.02. The molecule has 1 N–H and O–H groups in total. The van der Waals surface area contributed by atoms with Gasteiger partial charge >= 0.3 is 0 Å². The summed E-state index contributed by atoms with van der Waals surface area (Å²) in [7, 11) is 1.95. The van der Waals surface area contributed by atoms with E-state index in [1.165, 1.54) is 25.0 Å². The van der Waals surface area contributed by atoms with E-state index in [4.69, 9.17) is 0 Å². The number of thioether (sulfide) groups is 1. The molecule has 2 rings (SSSR count). The molecular weight excluding hydrogens is 256 g/mol. The van der Waals surface area contributed by atoms with Crippen molar-refractivity contribution in [3.8, 4) is 0 Å². The average molecular weight is 279 g/mol. The Morgan fingerprint density at radius 1 is 1.47 bits per heavy atom. The molecule has 0 aromatic heterocycles. The molecule has 1 saturated carbocycles. The lowest BCUT2D eigenvalue weighted by atomic mass is 9.85. The van der Waals surface area contributed by atoms with E-state index in [0.29, 0.717) is 18.4 Å². The standard InChI is InChI=1S/C12H22N2OS.ClH/c1-14(8-10-3-2-4-10)12(15)7-11-9-16-6-5-13-11;/h10-11,13H,2-9H2,1H3;1H. The molecule has 100 valence electrons. The van der Waals surface area contributed by atoms with Crippen LogP contribution >= 0.6 is 24.2 Å². The molecule has 1 aliphatic carbocycles. The molecule has 1 amide bonds. The number of nitrogens with one attached hydrogen (secondary N) is 1. The molecular formula is C12H23ClN2OS. The number of carbonyl (C=O) groups is 1. The summed E-state index contributed by atoms with van der Waals surface area (Å²) in [5.74, 6) is 3.36. The molecule has 2 fully saturated rings. The van der Waals surface area contributed by atoms with Crippen LogP contribution in [0.5, 0.6) is 0 Å². The van der Waals surface area contributed by atoms with E-state index in [1.54, 1.807) is 0 Å². The van der Waals surface area contributed by atoms with Crippen molar-refractivity contribution in [3.63, 3.8) is 0 Å². The first-order valence-corrected chi connectivity index (χ1v) is 7.46. The molecule has 2 aliphatic rings. The molecule has 1 heterocycles. The first-order chi connectivity index (χ1) is 7.75. The molecule has 1 saturated heterocycles. The van der Waals surface area contributed by atoms with Crippen LogP contribution in [0.25, 0.3) is 0 Å². The predicted octanol–water partition coefficient (Wildman–Crippen LogP) is 1.76. The van der Waals surface area contributed by atoms with Gasteiger partial charge in [0.2, 0.25) is 5.91 Å². The molecule has 1 unspecified atom stereocenters.